The molecule has 1 atom stereocenters. The van der Waals surface area contributed by atoms with Crippen LogP contribution in [-0.4, -0.2) is 39.3 Å². The molecule has 1 aromatic heterocycles. The molecule has 1 unspecified atom stereocenters. The van der Waals surface area contributed by atoms with Crippen LogP contribution in [0, 0.1) is 0 Å². The van der Waals surface area contributed by atoms with Gasteiger partial charge in [0, 0.05) is 13.2 Å². The molecule has 112 valence electrons. The highest BCUT2D eigenvalue weighted by atomic mass is 32.2. The third-order valence-electron chi connectivity index (χ3n) is 2.94. The first kappa shape index (κ1) is 15.0. The topological polar surface area (TPSA) is 97.6 Å². The highest BCUT2D eigenvalue weighted by molar-refractivity contribution is 7.89. The summed E-state index contributed by atoms with van der Waals surface area (Å²) in [6.07, 6.45) is 2.59. The molecular formula is C12H18N2O5S. The maximum atomic E-state index is 11.7. The van der Waals surface area contributed by atoms with E-state index in [0.717, 1.165) is 6.42 Å². The molecule has 2 N–H and O–H groups in total. The van der Waals surface area contributed by atoms with E-state index in [1.807, 2.05) is 0 Å². The molecule has 1 amide bonds. The van der Waals surface area contributed by atoms with E-state index in [0.29, 0.717) is 18.8 Å². The van der Waals surface area contributed by atoms with Gasteiger partial charge in [-0.25, -0.2) is 13.1 Å². The number of hydrogen-bond acceptors (Lipinski definition) is 5. The van der Waals surface area contributed by atoms with Gasteiger partial charge in [-0.15, -0.1) is 0 Å². The summed E-state index contributed by atoms with van der Waals surface area (Å²) in [4.78, 5) is 11.6. The van der Waals surface area contributed by atoms with Crippen LogP contribution in [0.2, 0.25) is 0 Å². The minimum atomic E-state index is -3.44. The molecule has 8 heteroatoms. The Morgan fingerprint density at radius 3 is 2.95 bits per heavy atom. The van der Waals surface area contributed by atoms with Crippen LogP contribution in [0.3, 0.4) is 0 Å². The predicted octanol–water partition coefficient (Wildman–Crippen LogP) is -0.00580. The van der Waals surface area contributed by atoms with E-state index in [2.05, 4.69) is 10.0 Å². The van der Waals surface area contributed by atoms with E-state index < -0.39 is 16.1 Å². The number of nitrogens with one attached hydrogen (secondary N) is 2. The Hall–Kier alpha value is -1.38. The number of carbonyl (C=O) groups is 1. The fourth-order valence-corrected chi connectivity index (χ4v) is 2.75. The molecule has 1 aliphatic heterocycles. The lowest BCUT2D eigenvalue weighted by Crippen LogP contribution is -2.38. The molecule has 0 aromatic carbocycles. The number of sulfonamides is 1. The molecule has 0 bridgehead atoms. The van der Waals surface area contributed by atoms with Crippen molar-refractivity contribution in [1.29, 1.82) is 0 Å². The van der Waals surface area contributed by atoms with Crippen LogP contribution in [0.25, 0.3) is 0 Å². The zero-order chi connectivity index (χ0) is 14.4. The number of carbonyl (C=O) groups excluding carboxylic acids is 1. The van der Waals surface area contributed by atoms with Crippen molar-refractivity contribution in [2.75, 3.05) is 18.9 Å². The lowest BCUT2D eigenvalue weighted by atomic mass is 10.2. The fourth-order valence-electron chi connectivity index (χ4n) is 1.87. The van der Waals surface area contributed by atoms with Crippen LogP contribution >= 0.6 is 0 Å². The molecule has 0 radical (unpaired) electrons. The molecule has 1 saturated heterocycles. The Kier molecular flexibility index (Phi) is 5.16. The van der Waals surface area contributed by atoms with Crippen molar-refractivity contribution in [3.05, 3.63) is 24.2 Å². The van der Waals surface area contributed by atoms with Crippen LogP contribution < -0.4 is 10.0 Å². The molecule has 2 rings (SSSR count). The average Bonchev–Trinajstić information content (AvgIpc) is 3.09. The maximum Gasteiger partial charge on any atom is 0.249 e. The number of hydrogen-bond donors (Lipinski definition) is 2. The average molecular weight is 302 g/mol. The van der Waals surface area contributed by atoms with Gasteiger partial charge in [-0.1, -0.05) is 0 Å². The second-order valence-corrected chi connectivity index (χ2v) is 6.44. The van der Waals surface area contributed by atoms with Crippen molar-refractivity contribution < 1.29 is 22.4 Å². The van der Waals surface area contributed by atoms with E-state index in [-0.39, 0.29) is 24.7 Å². The van der Waals surface area contributed by atoms with Crippen molar-refractivity contribution in [2.24, 2.45) is 0 Å². The third kappa shape index (κ3) is 4.62. The Bertz CT molecular complexity index is 520. The van der Waals surface area contributed by atoms with Crippen LogP contribution in [0.5, 0.6) is 0 Å². The second kappa shape index (κ2) is 6.87. The standard InChI is InChI=1S/C12H18N2O5S/c15-12(11-4-2-7-19-11)13-5-8-20(16,17)14-9-10-3-1-6-18-10/h1,3,6,11,14H,2,4-5,7-9H2,(H,13,15). The molecule has 2 heterocycles. The summed E-state index contributed by atoms with van der Waals surface area (Å²) in [6, 6.07) is 3.37. The lowest BCUT2D eigenvalue weighted by Gasteiger charge is -2.10. The number of ether oxygens (including phenoxy) is 1. The number of furan rings is 1. The maximum absolute atomic E-state index is 11.7. The van der Waals surface area contributed by atoms with E-state index in [9.17, 15) is 13.2 Å². The lowest BCUT2D eigenvalue weighted by molar-refractivity contribution is -0.129. The van der Waals surface area contributed by atoms with Crippen LogP contribution in [0.15, 0.2) is 22.8 Å². The molecular weight excluding hydrogens is 284 g/mol. The van der Waals surface area contributed by atoms with Crippen molar-refractivity contribution in [3.8, 4) is 0 Å². The van der Waals surface area contributed by atoms with Crippen molar-refractivity contribution in [1.82, 2.24) is 10.0 Å². The monoisotopic (exact) mass is 302 g/mol. The zero-order valence-electron chi connectivity index (χ0n) is 11.0. The molecule has 1 aliphatic rings. The summed E-state index contributed by atoms with van der Waals surface area (Å²) in [5.41, 5.74) is 0. The smallest absolute Gasteiger partial charge is 0.249 e. The van der Waals surface area contributed by atoms with Gasteiger partial charge >= 0.3 is 0 Å². The van der Waals surface area contributed by atoms with Gasteiger partial charge in [0.2, 0.25) is 15.9 Å². The van der Waals surface area contributed by atoms with E-state index in [1.54, 1.807) is 12.1 Å². The van der Waals surface area contributed by atoms with Crippen LogP contribution in [0.4, 0.5) is 0 Å². The van der Waals surface area contributed by atoms with Gasteiger partial charge in [-0.05, 0) is 25.0 Å². The minimum Gasteiger partial charge on any atom is -0.468 e. The molecule has 0 aliphatic carbocycles. The largest absolute Gasteiger partial charge is 0.468 e. The second-order valence-electron chi connectivity index (χ2n) is 4.51. The summed E-state index contributed by atoms with van der Waals surface area (Å²) in [7, 11) is -3.44. The Morgan fingerprint density at radius 2 is 2.30 bits per heavy atom. The molecule has 0 spiro atoms. The summed E-state index contributed by atoms with van der Waals surface area (Å²) in [6.45, 7) is 0.752. The van der Waals surface area contributed by atoms with Gasteiger partial charge in [0.1, 0.15) is 11.9 Å². The summed E-state index contributed by atoms with van der Waals surface area (Å²) in [5, 5.41) is 2.57. The first-order valence-electron chi connectivity index (χ1n) is 6.46. The summed E-state index contributed by atoms with van der Waals surface area (Å²) >= 11 is 0. The Morgan fingerprint density at radius 1 is 1.45 bits per heavy atom. The quantitative estimate of drug-likeness (QED) is 0.738. The normalized spacial score (nSPS) is 19.1. The van der Waals surface area contributed by atoms with Crippen molar-refractivity contribution in [2.45, 2.75) is 25.5 Å². The van der Waals surface area contributed by atoms with Gasteiger partial charge in [0.15, 0.2) is 0 Å². The fraction of sp³-hybridized carbons (Fsp3) is 0.583. The van der Waals surface area contributed by atoms with Gasteiger partial charge in [0.05, 0.1) is 18.6 Å². The Balaban J connectivity index is 1.68. The first-order chi connectivity index (χ1) is 9.57. The van der Waals surface area contributed by atoms with Crippen LogP contribution in [-0.2, 0) is 26.1 Å². The van der Waals surface area contributed by atoms with Crippen molar-refractivity contribution >= 4 is 15.9 Å². The van der Waals surface area contributed by atoms with Gasteiger partial charge in [-0.2, -0.15) is 0 Å². The summed E-state index contributed by atoms with van der Waals surface area (Å²) in [5.74, 6) is 0.118. The highest BCUT2D eigenvalue weighted by Gasteiger charge is 2.23. The van der Waals surface area contributed by atoms with E-state index >= 15 is 0 Å². The van der Waals surface area contributed by atoms with Crippen LogP contribution in [0.1, 0.15) is 18.6 Å². The van der Waals surface area contributed by atoms with Gasteiger partial charge in [0.25, 0.3) is 0 Å². The third-order valence-corrected chi connectivity index (χ3v) is 4.26. The number of rotatable bonds is 7. The first-order valence-corrected chi connectivity index (χ1v) is 8.11. The summed E-state index contributed by atoms with van der Waals surface area (Å²) < 4.78 is 36.0. The van der Waals surface area contributed by atoms with Crippen molar-refractivity contribution in [3.63, 3.8) is 0 Å². The molecule has 7 nitrogen and oxygen atoms in total. The minimum absolute atomic E-state index is 0.0617. The molecule has 0 saturated carbocycles. The molecule has 1 fully saturated rings. The number of amides is 1. The molecule has 1 aromatic rings. The van der Waals surface area contributed by atoms with E-state index in [4.69, 9.17) is 9.15 Å². The Labute approximate surface area is 117 Å². The van der Waals surface area contributed by atoms with E-state index in [1.165, 1.54) is 6.26 Å². The SMILES string of the molecule is O=C(NCCS(=O)(=O)NCc1ccco1)C1CCCO1. The zero-order valence-corrected chi connectivity index (χ0v) is 11.8. The van der Waals surface area contributed by atoms with Gasteiger partial charge in [-0.3, -0.25) is 4.79 Å². The van der Waals surface area contributed by atoms with Gasteiger partial charge < -0.3 is 14.5 Å². The molecule has 20 heavy (non-hydrogen) atoms. The highest BCUT2D eigenvalue weighted by Crippen LogP contribution is 2.11. The predicted molar refractivity (Wildman–Crippen MR) is 71.3 cm³/mol.